The van der Waals surface area contributed by atoms with E-state index in [2.05, 4.69) is 22.1 Å². The SMILES string of the molecule is COc1ccc(-c2n[nH]c(=S)n2CCC(=O)N2CCCN(C)CC2)cc1. The molecule has 1 aliphatic rings. The predicted octanol–water partition coefficient (Wildman–Crippen LogP) is 2.17. The number of carbonyl (C=O) groups is 1. The number of aromatic nitrogens is 3. The summed E-state index contributed by atoms with van der Waals surface area (Å²) >= 11 is 5.36. The molecule has 0 radical (unpaired) electrons. The van der Waals surface area contributed by atoms with Crippen LogP contribution in [0.25, 0.3) is 11.4 Å². The van der Waals surface area contributed by atoms with Gasteiger partial charge in [0.2, 0.25) is 5.91 Å². The van der Waals surface area contributed by atoms with Crippen LogP contribution in [0.4, 0.5) is 0 Å². The molecule has 1 aliphatic heterocycles. The first-order chi connectivity index (χ1) is 12.6. The summed E-state index contributed by atoms with van der Waals surface area (Å²) in [5, 5.41) is 7.17. The molecule has 1 N–H and O–H groups in total. The summed E-state index contributed by atoms with van der Waals surface area (Å²) < 4.78 is 7.61. The number of nitrogens with zero attached hydrogens (tertiary/aromatic N) is 4. The van der Waals surface area contributed by atoms with Gasteiger partial charge >= 0.3 is 0 Å². The normalized spacial score (nSPS) is 15.7. The molecule has 0 bridgehead atoms. The van der Waals surface area contributed by atoms with E-state index in [-0.39, 0.29) is 5.91 Å². The largest absolute Gasteiger partial charge is 0.497 e. The highest BCUT2D eigenvalue weighted by Crippen LogP contribution is 2.21. The Morgan fingerprint density at radius 1 is 1.23 bits per heavy atom. The van der Waals surface area contributed by atoms with Crippen molar-refractivity contribution in [3.05, 3.63) is 29.0 Å². The van der Waals surface area contributed by atoms with Crippen molar-refractivity contribution in [3.8, 4) is 17.1 Å². The van der Waals surface area contributed by atoms with Crippen LogP contribution in [0.2, 0.25) is 0 Å². The molecule has 0 atom stereocenters. The minimum Gasteiger partial charge on any atom is -0.497 e. The van der Waals surface area contributed by atoms with Gasteiger partial charge in [-0.2, -0.15) is 5.10 Å². The third kappa shape index (κ3) is 4.31. The molecular weight excluding hydrogens is 350 g/mol. The van der Waals surface area contributed by atoms with Gasteiger partial charge in [-0.1, -0.05) is 0 Å². The summed E-state index contributed by atoms with van der Waals surface area (Å²) in [6.45, 7) is 4.09. The molecule has 3 rings (SSSR count). The monoisotopic (exact) mass is 375 g/mol. The third-order valence-corrected chi connectivity index (χ3v) is 5.04. The first kappa shape index (κ1) is 18.6. The Morgan fingerprint density at radius 3 is 2.73 bits per heavy atom. The number of aromatic amines is 1. The second-order valence-electron chi connectivity index (χ2n) is 6.52. The summed E-state index contributed by atoms with van der Waals surface area (Å²) in [5.41, 5.74) is 0.932. The van der Waals surface area contributed by atoms with Crippen LogP contribution >= 0.6 is 12.2 Å². The maximum atomic E-state index is 12.6. The van der Waals surface area contributed by atoms with E-state index in [1.807, 2.05) is 33.7 Å². The average Bonchev–Trinajstić information content (AvgIpc) is 2.88. The Kier molecular flexibility index (Phi) is 6.05. The fraction of sp³-hybridized carbons (Fsp3) is 0.500. The zero-order chi connectivity index (χ0) is 18.5. The van der Waals surface area contributed by atoms with Crippen molar-refractivity contribution in [3.63, 3.8) is 0 Å². The summed E-state index contributed by atoms with van der Waals surface area (Å²) in [4.78, 5) is 16.8. The Morgan fingerprint density at radius 2 is 2.00 bits per heavy atom. The summed E-state index contributed by atoms with van der Waals surface area (Å²) in [5.74, 6) is 1.70. The minimum absolute atomic E-state index is 0.170. The van der Waals surface area contributed by atoms with Crippen LogP contribution in [0.5, 0.6) is 5.75 Å². The number of H-pyrrole nitrogens is 1. The van der Waals surface area contributed by atoms with Crippen LogP contribution in [0, 0.1) is 4.77 Å². The number of methoxy groups -OCH3 is 1. The highest BCUT2D eigenvalue weighted by atomic mass is 32.1. The Bertz CT molecular complexity index is 799. The molecule has 1 aromatic carbocycles. The molecule has 1 aromatic heterocycles. The van der Waals surface area contributed by atoms with Crippen LogP contribution in [0.3, 0.4) is 0 Å². The second-order valence-corrected chi connectivity index (χ2v) is 6.91. The zero-order valence-corrected chi connectivity index (χ0v) is 16.1. The maximum absolute atomic E-state index is 12.6. The Hall–Kier alpha value is -2.19. The molecule has 8 heteroatoms. The number of likely N-dealkylation sites (N-methyl/N-ethyl adjacent to an activating group) is 1. The van der Waals surface area contributed by atoms with Crippen molar-refractivity contribution >= 4 is 18.1 Å². The van der Waals surface area contributed by atoms with Crippen LogP contribution < -0.4 is 4.74 Å². The van der Waals surface area contributed by atoms with Crippen LogP contribution in [0.1, 0.15) is 12.8 Å². The van der Waals surface area contributed by atoms with Crippen LogP contribution in [0.15, 0.2) is 24.3 Å². The van der Waals surface area contributed by atoms with E-state index in [0.717, 1.165) is 49.7 Å². The lowest BCUT2D eigenvalue weighted by atomic mass is 10.2. The molecule has 1 amide bonds. The number of nitrogens with one attached hydrogen (secondary N) is 1. The van der Waals surface area contributed by atoms with Crippen LogP contribution in [-0.4, -0.2) is 70.8 Å². The van der Waals surface area contributed by atoms with Gasteiger partial charge in [0.1, 0.15) is 5.75 Å². The summed E-state index contributed by atoms with van der Waals surface area (Å²) in [6.07, 6.45) is 1.44. The van der Waals surface area contributed by atoms with E-state index in [4.69, 9.17) is 17.0 Å². The highest BCUT2D eigenvalue weighted by Gasteiger charge is 2.18. The second kappa shape index (κ2) is 8.46. The van der Waals surface area contributed by atoms with Gasteiger partial charge in [-0.3, -0.25) is 14.5 Å². The minimum atomic E-state index is 0.170. The standard InChI is InChI=1S/C18H25N5O2S/c1-21-9-3-10-22(13-12-21)16(24)8-11-23-17(19-20-18(23)26)14-4-6-15(25-2)7-5-14/h4-7H,3,8-13H2,1-2H3,(H,20,26). The van der Waals surface area contributed by atoms with Crippen molar-refractivity contribution < 1.29 is 9.53 Å². The van der Waals surface area contributed by atoms with E-state index < -0.39 is 0 Å². The van der Waals surface area contributed by atoms with E-state index >= 15 is 0 Å². The number of benzene rings is 1. The van der Waals surface area contributed by atoms with Crippen molar-refractivity contribution in [1.82, 2.24) is 24.6 Å². The zero-order valence-electron chi connectivity index (χ0n) is 15.3. The average molecular weight is 375 g/mol. The van der Waals surface area contributed by atoms with Gasteiger partial charge in [-0.05, 0) is 56.5 Å². The fourth-order valence-corrected chi connectivity index (χ4v) is 3.37. The molecule has 1 fully saturated rings. The van der Waals surface area contributed by atoms with E-state index in [1.54, 1.807) is 7.11 Å². The van der Waals surface area contributed by atoms with Crippen molar-refractivity contribution in [1.29, 1.82) is 0 Å². The number of hydrogen-bond donors (Lipinski definition) is 1. The molecule has 140 valence electrons. The van der Waals surface area contributed by atoms with Crippen molar-refractivity contribution in [2.45, 2.75) is 19.4 Å². The third-order valence-electron chi connectivity index (χ3n) is 4.73. The van der Waals surface area contributed by atoms with Crippen LogP contribution in [-0.2, 0) is 11.3 Å². The molecule has 0 spiro atoms. The molecule has 26 heavy (non-hydrogen) atoms. The molecule has 0 saturated carbocycles. The Balaban J connectivity index is 1.69. The lowest BCUT2D eigenvalue weighted by molar-refractivity contribution is -0.131. The number of rotatable bonds is 5. The lowest BCUT2D eigenvalue weighted by Gasteiger charge is -2.20. The molecule has 2 aromatic rings. The maximum Gasteiger partial charge on any atom is 0.224 e. The van der Waals surface area contributed by atoms with E-state index in [1.165, 1.54) is 0 Å². The molecular formula is C18H25N5O2S. The van der Waals surface area contributed by atoms with Crippen molar-refractivity contribution in [2.24, 2.45) is 0 Å². The van der Waals surface area contributed by atoms with Gasteiger partial charge in [0, 0.05) is 38.2 Å². The number of ether oxygens (including phenoxy) is 1. The van der Waals surface area contributed by atoms with Gasteiger partial charge < -0.3 is 14.5 Å². The molecule has 7 nitrogen and oxygen atoms in total. The van der Waals surface area contributed by atoms with Gasteiger partial charge in [-0.25, -0.2) is 0 Å². The number of carbonyl (C=O) groups excluding carboxylic acids is 1. The first-order valence-corrected chi connectivity index (χ1v) is 9.25. The summed E-state index contributed by atoms with van der Waals surface area (Å²) in [6, 6.07) is 7.64. The molecule has 2 heterocycles. The lowest BCUT2D eigenvalue weighted by Crippen LogP contribution is -2.35. The fourth-order valence-electron chi connectivity index (χ4n) is 3.15. The molecule has 1 saturated heterocycles. The first-order valence-electron chi connectivity index (χ1n) is 8.84. The molecule has 0 aliphatic carbocycles. The number of hydrogen-bond acceptors (Lipinski definition) is 5. The van der Waals surface area contributed by atoms with Gasteiger partial charge in [0.25, 0.3) is 0 Å². The van der Waals surface area contributed by atoms with E-state index in [0.29, 0.717) is 17.7 Å². The summed E-state index contributed by atoms with van der Waals surface area (Å²) in [7, 11) is 3.73. The smallest absolute Gasteiger partial charge is 0.224 e. The Labute approximate surface area is 158 Å². The van der Waals surface area contributed by atoms with E-state index in [9.17, 15) is 4.79 Å². The number of amides is 1. The molecule has 0 unspecified atom stereocenters. The van der Waals surface area contributed by atoms with Gasteiger partial charge in [0.05, 0.1) is 7.11 Å². The quantitative estimate of drug-likeness (QED) is 0.812. The van der Waals surface area contributed by atoms with Crippen molar-refractivity contribution in [2.75, 3.05) is 40.3 Å². The van der Waals surface area contributed by atoms with Gasteiger partial charge in [0.15, 0.2) is 10.6 Å². The predicted molar refractivity (Wildman–Crippen MR) is 103 cm³/mol. The van der Waals surface area contributed by atoms with Gasteiger partial charge in [-0.15, -0.1) is 0 Å². The topological polar surface area (TPSA) is 66.4 Å². The highest BCUT2D eigenvalue weighted by molar-refractivity contribution is 7.71.